The summed E-state index contributed by atoms with van der Waals surface area (Å²) in [5.41, 5.74) is 2.38. The second-order valence-corrected chi connectivity index (χ2v) is 6.31. The topological polar surface area (TPSA) is 80.6 Å². The third-order valence-corrected chi connectivity index (χ3v) is 4.22. The Kier molecular flexibility index (Phi) is 5.82. The number of carbonyl (C=O) groups is 1. The van der Waals surface area contributed by atoms with Gasteiger partial charge in [0.05, 0.1) is 12.2 Å². The molecule has 1 atom stereocenters. The van der Waals surface area contributed by atoms with Crippen LogP contribution in [0, 0.1) is 11.3 Å². The van der Waals surface area contributed by atoms with Crippen LogP contribution in [-0.4, -0.2) is 25.2 Å². The Hall–Kier alpha value is -3.20. The highest BCUT2D eigenvalue weighted by atomic mass is 16.5. The third-order valence-electron chi connectivity index (χ3n) is 4.22. The van der Waals surface area contributed by atoms with Crippen LogP contribution in [-0.2, 0) is 17.8 Å². The average molecular weight is 366 g/mol. The molecule has 1 N–H and O–H groups in total. The van der Waals surface area contributed by atoms with Crippen molar-refractivity contribution in [1.29, 1.82) is 5.26 Å². The molecule has 0 radical (unpaired) electrons. The average Bonchev–Trinajstić information content (AvgIpc) is 3.03. The SMILES string of the molecule is CCOc1cc2c(cc1CNC(=O)COc1ccccc1C#N)O[C@@H](C)C2. The van der Waals surface area contributed by atoms with Gasteiger partial charge in [-0.05, 0) is 38.1 Å². The van der Waals surface area contributed by atoms with E-state index in [9.17, 15) is 4.79 Å². The number of amides is 1. The maximum atomic E-state index is 12.2. The molecule has 0 bridgehead atoms. The summed E-state index contributed by atoms with van der Waals surface area (Å²) in [5.74, 6) is 1.71. The maximum Gasteiger partial charge on any atom is 0.258 e. The highest BCUT2D eigenvalue weighted by Gasteiger charge is 2.22. The molecule has 0 spiro atoms. The molecule has 0 unspecified atom stereocenters. The van der Waals surface area contributed by atoms with Crippen LogP contribution in [0.2, 0.25) is 0 Å². The predicted octanol–water partition coefficient (Wildman–Crippen LogP) is 2.98. The summed E-state index contributed by atoms with van der Waals surface area (Å²) in [7, 11) is 0. The molecular formula is C21H22N2O4. The van der Waals surface area contributed by atoms with Gasteiger partial charge in [0, 0.05) is 24.1 Å². The monoisotopic (exact) mass is 366 g/mol. The first kappa shape index (κ1) is 18.6. The number of para-hydroxylation sites is 1. The summed E-state index contributed by atoms with van der Waals surface area (Å²) in [6, 6.07) is 12.8. The lowest BCUT2D eigenvalue weighted by Crippen LogP contribution is -2.28. The van der Waals surface area contributed by atoms with Crippen LogP contribution in [0.5, 0.6) is 17.2 Å². The molecule has 3 rings (SSSR count). The third kappa shape index (κ3) is 4.50. The lowest BCUT2D eigenvalue weighted by molar-refractivity contribution is -0.123. The van der Waals surface area contributed by atoms with Crippen LogP contribution in [0.1, 0.15) is 30.5 Å². The molecule has 2 aromatic rings. The number of carbonyl (C=O) groups excluding carboxylic acids is 1. The van der Waals surface area contributed by atoms with E-state index < -0.39 is 0 Å². The molecule has 27 heavy (non-hydrogen) atoms. The first-order chi connectivity index (χ1) is 13.1. The number of ether oxygens (including phenoxy) is 3. The standard InChI is InChI=1S/C21H22N2O4/c1-3-25-19-9-16-8-14(2)27-20(16)10-17(19)12-23-21(24)13-26-18-7-5-4-6-15(18)11-22/h4-7,9-10,14H,3,8,12-13H2,1-2H3,(H,23,24)/t14-/m0/s1. The van der Waals surface area contributed by atoms with Crippen LogP contribution in [0.15, 0.2) is 36.4 Å². The molecule has 1 aliphatic heterocycles. The fourth-order valence-corrected chi connectivity index (χ4v) is 2.98. The molecule has 1 heterocycles. The Labute approximate surface area is 158 Å². The minimum Gasteiger partial charge on any atom is -0.494 e. The Bertz CT molecular complexity index is 873. The summed E-state index contributed by atoms with van der Waals surface area (Å²) >= 11 is 0. The molecule has 140 valence electrons. The Morgan fingerprint density at radius 3 is 2.89 bits per heavy atom. The highest BCUT2D eigenvalue weighted by Crippen LogP contribution is 2.35. The van der Waals surface area contributed by atoms with Gasteiger partial charge in [-0.2, -0.15) is 5.26 Å². The molecule has 0 fully saturated rings. The summed E-state index contributed by atoms with van der Waals surface area (Å²) in [6.45, 7) is 4.64. The van der Waals surface area contributed by atoms with E-state index in [0.717, 1.165) is 29.0 Å². The van der Waals surface area contributed by atoms with E-state index in [1.54, 1.807) is 24.3 Å². The first-order valence-corrected chi connectivity index (χ1v) is 8.94. The van der Waals surface area contributed by atoms with E-state index in [4.69, 9.17) is 19.5 Å². The van der Waals surface area contributed by atoms with Crippen molar-refractivity contribution >= 4 is 5.91 Å². The van der Waals surface area contributed by atoms with Crippen LogP contribution in [0.4, 0.5) is 0 Å². The second-order valence-electron chi connectivity index (χ2n) is 6.31. The number of benzene rings is 2. The number of hydrogen-bond donors (Lipinski definition) is 1. The molecule has 0 saturated carbocycles. The lowest BCUT2D eigenvalue weighted by atomic mass is 10.1. The Balaban J connectivity index is 1.61. The molecular weight excluding hydrogens is 344 g/mol. The minimum atomic E-state index is -0.278. The van der Waals surface area contributed by atoms with Crippen molar-refractivity contribution in [3.05, 3.63) is 53.1 Å². The Morgan fingerprint density at radius 1 is 1.30 bits per heavy atom. The van der Waals surface area contributed by atoms with E-state index in [2.05, 4.69) is 5.32 Å². The van der Waals surface area contributed by atoms with Crippen molar-refractivity contribution in [1.82, 2.24) is 5.32 Å². The number of nitrogens with zero attached hydrogens (tertiary/aromatic N) is 1. The normalized spacial score (nSPS) is 14.6. The van der Waals surface area contributed by atoms with Crippen molar-refractivity contribution < 1.29 is 19.0 Å². The summed E-state index contributed by atoms with van der Waals surface area (Å²) in [4.78, 5) is 12.2. The second kappa shape index (κ2) is 8.45. The number of rotatable bonds is 7. The zero-order valence-corrected chi connectivity index (χ0v) is 15.5. The van der Waals surface area contributed by atoms with Gasteiger partial charge in [0.2, 0.25) is 0 Å². The number of nitrogens with one attached hydrogen (secondary N) is 1. The lowest BCUT2D eigenvalue weighted by Gasteiger charge is -2.14. The molecule has 0 aromatic heterocycles. The van der Waals surface area contributed by atoms with Gasteiger partial charge in [-0.15, -0.1) is 0 Å². The van der Waals surface area contributed by atoms with E-state index in [0.29, 0.717) is 24.5 Å². The van der Waals surface area contributed by atoms with Crippen molar-refractivity contribution in [2.75, 3.05) is 13.2 Å². The van der Waals surface area contributed by atoms with Crippen LogP contribution in [0.3, 0.4) is 0 Å². The van der Waals surface area contributed by atoms with Gasteiger partial charge in [0.1, 0.15) is 29.4 Å². The molecule has 1 amide bonds. The largest absolute Gasteiger partial charge is 0.494 e. The fourth-order valence-electron chi connectivity index (χ4n) is 2.98. The Morgan fingerprint density at radius 2 is 2.11 bits per heavy atom. The van der Waals surface area contributed by atoms with Crippen LogP contribution < -0.4 is 19.5 Å². The van der Waals surface area contributed by atoms with E-state index in [-0.39, 0.29) is 18.6 Å². The van der Waals surface area contributed by atoms with Gasteiger partial charge in [-0.25, -0.2) is 0 Å². The fraction of sp³-hybridized carbons (Fsp3) is 0.333. The van der Waals surface area contributed by atoms with Gasteiger partial charge in [0.25, 0.3) is 5.91 Å². The number of hydrogen-bond acceptors (Lipinski definition) is 5. The predicted molar refractivity (Wildman–Crippen MR) is 99.9 cm³/mol. The zero-order chi connectivity index (χ0) is 19.2. The maximum absolute atomic E-state index is 12.2. The quantitative estimate of drug-likeness (QED) is 0.815. The van der Waals surface area contributed by atoms with Gasteiger partial charge in [-0.3, -0.25) is 4.79 Å². The van der Waals surface area contributed by atoms with E-state index in [1.807, 2.05) is 32.0 Å². The summed E-state index contributed by atoms with van der Waals surface area (Å²) in [6.07, 6.45) is 1.00. The first-order valence-electron chi connectivity index (χ1n) is 8.94. The summed E-state index contributed by atoms with van der Waals surface area (Å²) in [5, 5.41) is 11.9. The summed E-state index contributed by atoms with van der Waals surface area (Å²) < 4.78 is 17.0. The molecule has 0 aliphatic carbocycles. The van der Waals surface area contributed by atoms with Crippen LogP contribution >= 0.6 is 0 Å². The minimum absolute atomic E-state index is 0.146. The number of nitriles is 1. The van der Waals surface area contributed by atoms with Crippen molar-refractivity contribution in [3.63, 3.8) is 0 Å². The van der Waals surface area contributed by atoms with Crippen molar-refractivity contribution in [3.8, 4) is 23.3 Å². The van der Waals surface area contributed by atoms with E-state index in [1.165, 1.54) is 0 Å². The van der Waals surface area contributed by atoms with Gasteiger partial charge in [-0.1, -0.05) is 12.1 Å². The van der Waals surface area contributed by atoms with Crippen molar-refractivity contribution in [2.24, 2.45) is 0 Å². The molecule has 2 aromatic carbocycles. The number of fused-ring (bicyclic) bond motifs is 1. The van der Waals surface area contributed by atoms with Gasteiger partial charge in [0.15, 0.2) is 6.61 Å². The van der Waals surface area contributed by atoms with E-state index >= 15 is 0 Å². The van der Waals surface area contributed by atoms with Gasteiger partial charge < -0.3 is 19.5 Å². The molecule has 6 nitrogen and oxygen atoms in total. The zero-order valence-electron chi connectivity index (χ0n) is 15.5. The van der Waals surface area contributed by atoms with Crippen LogP contribution in [0.25, 0.3) is 0 Å². The molecule has 6 heteroatoms. The van der Waals surface area contributed by atoms with Crippen molar-refractivity contribution in [2.45, 2.75) is 32.9 Å². The van der Waals surface area contributed by atoms with Gasteiger partial charge >= 0.3 is 0 Å². The highest BCUT2D eigenvalue weighted by molar-refractivity contribution is 5.77. The smallest absolute Gasteiger partial charge is 0.258 e. The molecule has 0 saturated heterocycles. The molecule has 1 aliphatic rings.